The summed E-state index contributed by atoms with van der Waals surface area (Å²) in [6.45, 7) is 2.45. The maximum absolute atomic E-state index is 16.1. The highest BCUT2D eigenvalue weighted by Gasteiger charge is 2.41. The van der Waals surface area contributed by atoms with Crippen molar-refractivity contribution in [3.8, 4) is 5.75 Å². The highest BCUT2D eigenvalue weighted by molar-refractivity contribution is 5.88. The fraction of sp³-hybridized carbons (Fsp3) is 0.467. The third-order valence-electron chi connectivity index (χ3n) is 7.95. The number of hydrogen-bond donors (Lipinski definition) is 2. The summed E-state index contributed by atoms with van der Waals surface area (Å²) in [6, 6.07) is 15.9. The first-order valence-electron chi connectivity index (χ1n) is 13.4. The molecule has 1 amide bonds. The molecule has 1 aromatic heterocycles. The second-order valence-corrected chi connectivity index (χ2v) is 10.5. The Labute approximate surface area is 224 Å². The molecule has 1 aliphatic heterocycles. The van der Waals surface area contributed by atoms with E-state index in [-0.39, 0.29) is 6.42 Å². The predicted octanol–water partition coefficient (Wildman–Crippen LogP) is 5.32. The van der Waals surface area contributed by atoms with E-state index in [4.69, 9.17) is 4.74 Å². The van der Waals surface area contributed by atoms with Gasteiger partial charge in [-0.15, -0.1) is 0 Å². The number of benzene rings is 2. The van der Waals surface area contributed by atoms with Crippen LogP contribution in [0.4, 0.5) is 10.1 Å². The van der Waals surface area contributed by atoms with Gasteiger partial charge >= 0.3 is 0 Å². The largest absolute Gasteiger partial charge is 0.497 e. The summed E-state index contributed by atoms with van der Waals surface area (Å²) in [5, 5.41) is 10.3. The molecule has 0 unspecified atom stereocenters. The van der Waals surface area contributed by atoms with E-state index in [1.165, 1.54) is 5.56 Å². The number of carbonyl (C=O) groups excluding carboxylic acids is 1. The number of pyridine rings is 1. The van der Waals surface area contributed by atoms with Crippen LogP contribution in [0.5, 0.6) is 5.75 Å². The fourth-order valence-electron chi connectivity index (χ4n) is 5.61. The van der Waals surface area contributed by atoms with Crippen LogP contribution < -0.4 is 15.1 Å². The lowest BCUT2D eigenvalue weighted by Crippen LogP contribution is -2.48. The first-order chi connectivity index (χ1) is 18.4. The van der Waals surface area contributed by atoms with Crippen LogP contribution in [-0.4, -0.2) is 61.8 Å². The maximum Gasteiger partial charge on any atom is 0.249 e. The normalized spacial score (nSPS) is 16.2. The topological polar surface area (TPSA) is 77.9 Å². The molecular weight excluding hydrogens is 483 g/mol. The van der Waals surface area contributed by atoms with Gasteiger partial charge in [0.25, 0.3) is 0 Å². The van der Waals surface area contributed by atoms with Crippen LogP contribution in [0, 0.1) is 5.41 Å². The number of carbonyl (C=O) groups is 1. The molecule has 1 fully saturated rings. The van der Waals surface area contributed by atoms with Crippen molar-refractivity contribution in [2.75, 3.05) is 45.7 Å². The molecule has 0 spiro atoms. The minimum absolute atomic E-state index is 0.165. The average molecular weight is 523 g/mol. The van der Waals surface area contributed by atoms with Crippen molar-refractivity contribution >= 4 is 22.5 Å². The molecule has 2 N–H and O–H groups in total. The third-order valence-corrected chi connectivity index (χ3v) is 7.95. The molecule has 0 bridgehead atoms. The SMILES string of the molecule is COc1ccc2ncc(N(C)C)c([C@H](F)CCC3(C(=O)NO)CCN(CCCc4ccccc4)CC3)c2c1. The number of nitrogens with one attached hydrogen (secondary N) is 1. The zero-order valence-corrected chi connectivity index (χ0v) is 22.6. The summed E-state index contributed by atoms with van der Waals surface area (Å²) >= 11 is 0. The highest BCUT2D eigenvalue weighted by atomic mass is 19.1. The van der Waals surface area contributed by atoms with E-state index in [2.05, 4.69) is 34.1 Å². The molecule has 1 aliphatic rings. The molecule has 0 radical (unpaired) electrons. The van der Waals surface area contributed by atoms with E-state index in [9.17, 15) is 10.0 Å². The number of ether oxygens (including phenoxy) is 1. The Kier molecular flexibility index (Phi) is 9.17. The number of amides is 1. The van der Waals surface area contributed by atoms with Crippen molar-refractivity contribution in [2.24, 2.45) is 5.41 Å². The van der Waals surface area contributed by atoms with Crippen molar-refractivity contribution in [2.45, 2.75) is 44.7 Å². The van der Waals surface area contributed by atoms with Gasteiger partial charge in [-0.1, -0.05) is 30.3 Å². The average Bonchev–Trinajstić information content (AvgIpc) is 2.95. The zero-order chi connectivity index (χ0) is 27.1. The molecule has 4 rings (SSSR count). The molecule has 8 heteroatoms. The van der Waals surface area contributed by atoms with Gasteiger partial charge in [-0.3, -0.25) is 15.0 Å². The highest BCUT2D eigenvalue weighted by Crippen LogP contribution is 2.43. The molecule has 1 saturated heterocycles. The molecule has 7 nitrogen and oxygen atoms in total. The minimum atomic E-state index is -1.31. The number of anilines is 1. The molecule has 0 saturated carbocycles. The number of piperidine rings is 1. The maximum atomic E-state index is 16.1. The van der Waals surface area contributed by atoms with Crippen LogP contribution in [0.1, 0.15) is 49.4 Å². The van der Waals surface area contributed by atoms with Crippen LogP contribution in [0.3, 0.4) is 0 Å². The van der Waals surface area contributed by atoms with E-state index < -0.39 is 17.5 Å². The molecule has 2 aromatic carbocycles. The Hall–Kier alpha value is -3.23. The monoisotopic (exact) mass is 522 g/mol. The number of nitrogens with zero attached hydrogens (tertiary/aromatic N) is 3. The third kappa shape index (κ3) is 6.25. The smallest absolute Gasteiger partial charge is 0.249 e. The van der Waals surface area contributed by atoms with Crippen LogP contribution in [0.2, 0.25) is 0 Å². The Balaban J connectivity index is 1.45. The lowest BCUT2D eigenvalue weighted by Gasteiger charge is -2.40. The lowest BCUT2D eigenvalue weighted by molar-refractivity contribution is -0.143. The number of rotatable bonds is 11. The van der Waals surface area contributed by atoms with Crippen molar-refractivity contribution < 1.29 is 19.1 Å². The number of methoxy groups -OCH3 is 1. The van der Waals surface area contributed by atoms with Crippen LogP contribution in [-0.2, 0) is 11.2 Å². The lowest BCUT2D eigenvalue weighted by atomic mass is 9.73. The van der Waals surface area contributed by atoms with Crippen LogP contribution in [0.15, 0.2) is 54.7 Å². The molecule has 3 aromatic rings. The first-order valence-corrected chi connectivity index (χ1v) is 13.4. The molecule has 0 aliphatic carbocycles. The van der Waals surface area contributed by atoms with Crippen molar-refractivity contribution in [3.05, 3.63) is 65.9 Å². The van der Waals surface area contributed by atoms with Gasteiger partial charge in [0.05, 0.1) is 29.9 Å². The van der Waals surface area contributed by atoms with E-state index in [0.29, 0.717) is 47.2 Å². The van der Waals surface area contributed by atoms with Gasteiger partial charge in [-0.2, -0.15) is 0 Å². The number of hydroxylamine groups is 1. The van der Waals surface area contributed by atoms with E-state index in [1.807, 2.05) is 48.7 Å². The van der Waals surface area contributed by atoms with E-state index in [1.54, 1.807) is 13.3 Å². The van der Waals surface area contributed by atoms with Crippen molar-refractivity contribution in [1.82, 2.24) is 15.4 Å². The van der Waals surface area contributed by atoms with Gasteiger partial charge in [-0.25, -0.2) is 9.87 Å². The molecule has 38 heavy (non-hydrogen) atoms. The minimum Gasteiger partial charge on any atom is -0.497 e. The predicted molar refractivity (Wildman–Crippen MR) is 149 cm³/mol. The zero-order valence-electron chi connectivity index (χ0n) is 22.6. The summed E-state index contributed by atoms with van der Waals surface area (Å²) < 4.78 is 21.5. The number of halogens is 1. The summed E-state index contributed by atoms with van der Waals surface area (Å²) in [7, 11) is 5.32. The summed E-state index contributed by atoms with van der Waals surface area (Å²) in [5.74, 6) is 0.224. The number of fused-ring (bicyclic) bond motifs is 1. The van der Waals surface area contributed by atoms with Gasteiger partial charge < -0.3 is 14.5 Å². The van der Waals surface area contributed by atoms with Gasteiger partial charge in [0.15, 0.2) is 0 Å². The number of aryl methyl sites for hydroxylation is 1. The quantitative estimate of drug-likeness (QED) is 0.262. The Morgan fingerprint density at radius 2 is 1.95 bits per heavy atom. The Morgan fingerprint density at radius 1 is 1.21 bits per heavy atom. The molecule has 204 valence electrons. The van der Waals surface area contributed by atoms with Crippen LogP contribution in [0.25, 0.3) is 10.9 Å². The molecular formula is C30H39FN4O3. The standard InChI is InChI=1S/C30H39FN4O3/c1-34(2)27-21-32-26-12-11-23(38-3)20-24(26)28(27)25(31)13-14-30(29(36)33-37)15-18-35(19-16-30)17-7-10-22-8-5-4-6-9-22/h4-6,8-9,11-12,20-21,25,37H,7,10,13-19H2,1-3H3,(H,33,36)/t25-/m1/s1. The summed E-state index contributed by atoms with van der Waals surface area (Å²) in [5.41, 5.74) is 4.35. The number of alkyl halides is 1. The van der Waals surface area contributed by atoms with Crippen molar-refractivity contribution in [3.63, 3.8) is 0 Å². The van der Waals surface area contributed by atoms with E-state index >= 15 is 4.39 Å². The van der Waals surface area contributed by atoms with Gasteiger partial charge in [0.1, 0.15) is 11.9 Å². The molecule has 2 heterocycles. The fourth-order valence-corrected chi connectivity index (χ4v) is 5.61. The van der Waals surface area contributed by atoms with Gasteiger partial charge in [-0.05, 0) is 81.9 Å². The second kappa shape index (κ2) is 12.5. The summed E-state index contributed by atoms with van der Waals surface area (Å²) in [4.78, 5) is 21.6. The number of hydrogen-bond acceptors (Lipinski definition) is 6. The van der Waals surface area contributed by atoms with Crippen molar-refractivity contribution in [1.29, 1.82) is 0 Å². The Morgan fingerprint density at radius 3 is 2.61 bits per heavy atom. The number of aromatic nitrogens is 1. The summed E-state index contributed by atoms with van der Waals surface area (Å²) in [6.07, 6.45) is 4.13. The first kappa shape index (κ1) is 27.8. The molecule has 1 atom stereocenters. The second-order valence-electron chi connectivity index (χ2n) is 10.5. The van der Waals surface area contributed by atoms with Gasteiger partial charge in [0, 0.05) is 25.0 Å². The van der Waals surface area contributed by atoms with E-state index in [0.717, 1.165) is 32.5 Å². The van der Waals surface area contributed by atoms with Crippen LogP contribution >= 0.6 is 0 Å². The number of likely N-dealkylation sites (tertiary alicyclic amines) is 1. The Bertz CT molecular complexity index is 1210. The van der Waals surface area contributed by atoms with Gasteiger partial charge in [0.2, 0.25) is 5.91 Å².